The van der Waals surface area contributed by atoms with Gasteiger partial charge in [-0.3, -0.25) is 15.0 Å². The normalized spacial score (nSPS) is 17.8. The largest absolute Gasteiger partial charge is 0.457 e. The number of hydrogen-bond donors (Lipinski definition) is 2. The van der Waals surface area contributed by atoms with Crippen molar-refractivity contribution in [2.75, 3.05) is 4.90 Å². The summed E-state index contributed by atoms with van der Waals surface area (Å²) in [6.07, 6.45) is 4.23. The van der Waals surface area contributed by atoms with Crippen molar-refractivity contribution in [3.8, 4) is 11.5 Å². The third-order valence-corrected chi connectivity index (χ3v) is 5.61. The van der Waals surface area contributed by atoms with Gasteiger partial charge in [0.2, 0.25) is 11.9 Å². The summed E-state index contributed by atoms with van der Waals surface area (Å²) in [5.41, 5.74) is 11.5. The molecule has 0 bridgehead atoms. The minimum atomic E-state index is -0.764. The van der Waals surface area contributed by atoms with Gasteiger partial charge >= 0.3 is 0 Å². The molecule has 1 spiro atoms. The standard InChI is InChI=1S/C20H20ClFN6O3/c21-16-11-14(4-5-17(16)22)31-15-9-12(8-13(10-15)28(29)30)27-19(24)25-18(23)26-20(27)6-2-1-3-7-20/h4-5,8-11H,1-3,6-7H2,(H4,23,24,25,26). The summed E-state index contributed by atoms with van der Waals surface area (Å²) in [6.45, 7) is 0. The molecule has 2 aromatic carbocycles. The zero-order valence-electron chi connectivity index (χ0n) is 16.4. The Labute approximate surface area is 182 Å². The van der Waals surface area contributed by atoms with Crippen molar-refractivity contribution in [3.63, 3.8) is 0 Å². The van der Waals surface area contributed by atoms with Crippen molar-refractivity contribution in [2.45, 2.75) is 37.8 Å². The van der Waals surface area contributed by atoms with Crippen LogP contribution in [-0.2, 0) is 0 Å². The van der Waals surface area contributed by atoms with Crippen LogP contribution in [-0.4, -0.2) is 22.5 Å². The molecule has 2 aromatic rings. The van der Waals surface area contributed by atoms with Gasteiger partial charge in [0.15, 0.2) is 0 Å². The number of anilines is 1. The first-order valence-electron chi connectivity index (χ1n) is 9.69. The molecule has 11 heteroatoms. The van der Waals surface area contributed by atoms with Gasteiger partial charge < -0.3 is 16.2 Å². The zero-order valence-corrected chi connectivity index (χ0v) is 17.2. The van der Waals surface area contributed by atoms with E-state index in [4.69, 9.17) is 27.8 Å². The highest BCUT2D eigenvalue weighted by atomic mass is 35.5. The van der Waals surface area contributed by atoms with E-state index in [1.807, 2.05) is 0 Å². The van der Waals surface area contributed by atoms with Crippen LogP contribution in [0.2, 0.25) is 5.02 Å². The Bertz CT molecular complexity index is 1100. The monoisotopic (exact) mass is 446 g/mol. The molecule has 31 heavy (non-hydrogen) atoms. The summed E-state index contributed by atoms with van der Waals surface area (Å²) >= 11 is 5.81. The summed E-state index contributed by atoms with van der Waals surface area (Å²) in [5.74, 6) is -0.0224. The molecule has 1 saturated carbocycles. The van der Waals surface area contributed by atoms with E-state index in [0.29, 0.717) is 18.5 Å². The van der Waals surface area contributed by atoms with Gasteiger partial charge in [0.25, 0.3) is 5.69 Å². The van der Waals surface area contributed by atoms with Gasteiger partial charge in [-0.05, 0) is 37.8 Å². The number of hydrogen-bond acceptors (Lipinski definition) is 8. The highest BCUT2D eigenvalue weighted by Crippen LogP contribution is 2.42. The third-order valence-electron chi connectivity index (χ3n) is 5.32. The molecule has 4 rings (SSSR count). The lowest BCUT2D eigenvalue weighted by atomic mass is 9.87. The van der Waals surface area contributed by atoms with Gasteiger partial charge in [0.1, 0.15) is 23.0 Å². The Kier molecular flexibility index (Phi) is 5.40. The Morgan fingerprint density at radius 2 is 1.87 bits per heavy atom. The Balaban J connectivity index is 1.79. The molecule has 4 N–H and O–H groups in total. The molecular formula is C20H20ClFN6O3. The lowest BCUT2D eigenvalue weighted by Gasteiger charge is -2.45. The lowest BCUT2D eigenvalue weighted by Crippen LogP contribution is -2.58. The zero-order chi connectivity index (χ0) is 22.2. The minimum absolute atomic E-state index is 0.0820. The van der Waals surface area contributed by atoms with Gasteiger partial charge in [0.05, 0.1) is 21.7 Å². The van der Waals surface area contributed by atoms with Gasteiger partial charge in [0, 0.05) is 18.2 Å². The second-order valence-corrected chi connectivity index (χ2v) is 7.85. The SMILES string of the molecule is NC1=NC2(CCCCC2)N(c2cc(Oc3ccc(F)c(Cl)c3)cc([N+](=O)[O-])c2)C(N)=N1. The number of rotatable bonds is 4. The van der Waals surface area contributed by atoms with E-state index in [1.54, 1.807) is 11.0 Å². The van der Waals surface area contributed by atoms with E-state index in [1.165, 1.54) is 24.3 Å². The van der Waals surface area contributed by atoms with E-state index in [-0.39, 0.29) is 34.1 Å². The van der Waals surface area contributed by atoms with E-state index >= 15 is 0 Å². The van der Waals surface area contributed by atoms with Crippen LogP contribution in [0.1, 0.15) is 32.1 Å². The average molecular weight is 447 g/mol. The minimum Gasteiger partial charge on any atom is -0.457 e. The van der Waals surface area contributed by atoms with Gasteiger partial charge in [-0.15, -0.1) is 0 Å². The maximum atomic E-state index is 13.5. The van der Waals surface area contributed by atoms with Crippen LogP contribution in [0.3, 0.4) is 0 Å². The third kappa shape index (κ3) is 4.11. The number of non-ortho nitro benzene ring substituents is 1. The van der Waals surface area contributed by atoms with Crippen LogP contribution < -0.4 is 21.1 Å². The van der Waals surface area contributed by atoms with Crippen molar-refractivity contribution >= 4 is 34.9 Å². The number of nitro benzene ring substituents is 1. The van der Waals surface area contributed by atoms with Crippen LogP contribution in [0.4, 0.5) is 15.8 Å². The highest BCUT2D eigenvalue weighted by Gasteiger charge is 2.43. The average Bonchev–Trinajstić information content (AvgIpc) is 2.70. The van der Waals surface area contributed by atoms with E-state index in [9.17, 15) is 14.5 Å². The first-order valence-corrected chi connectivity index (χ1v) is 10.1. The molecule has 1 fully saturated rings. The Morgan fingerprint density at radius 1 is 1.13 bits per heavy atom. The summed E-state index contributed by atoms with van der Waals surface area (Å²) in [5, 5.41) is 11.5. The van der Waals surface area contributed by atoms with Gasteiger partial charge in [-0.25, -0.2) is 9.38 Å². The predicted molar refractivity (Wildman–Crippen MR) is 116 cm³/mol. The van der Waals surface area contributed by atoms with Gasteiger partial charge in [-0.1, -0.05) is 18.0 Å². The number of guanidine groups is 2. The molecule has 1 heterocycles. The van der Waals surface area contributed by atoms with Crippen molar-refractivity contribution in [3.05, 3.63) is 57.4 Å². The fourth-order valence-electron chi connectivity index (χ4n) is 4.03. The van der Waals surface area contributed by atoms with Crippen LogP contribution in [0, 0.1) is 15.9 Å². The fraction of sp³-hybridized carbons (Fsp3) is 0.300. The molecule has 1 aliphatic heterocycles. The fourth-order valence-corrected chi connectivity index (χ4v) is 4.20. The number of nitrogens with zero attached hydrogens (tertiary/aromatic N) is 4. The highest BCUT2D eigenvalue weighted by molar-refractivity contribution is 6.30. The second-order valence-electron chi connectivity index (χ2n) is 7.44. The lowest BCUT2D eigenvalue weighted by molar-refractivity contribution is -0.384. The van der Waals surface area contributed by atoms with E-state index in [0.717, 1.165) is 25.3 Å². The molecule has 0 aromatic heterocycles. The van der Waals surface area contributed by atoms with E-state index < -0.39 is 16.4 Å². The first-order chi connectivity index (χ1) is 14.8. The Morgan fingerprint density at radius 3 is 2.55 bits per heavy atom. The van der Waals surface area contributed by atoms with Crippen molar-refractivity contribution in [1.29, 1.82) is 0 Å². The maximum absolute atomic E-state index is 13.5. The van der Waals surface area contributed by atoms with Gasteiger partial charge in [-0.2, -0.15) is 4.99 Å². The molecule has 9 nitrogen and oxygen atoms in total. The topological polar surface area (TPSA) is 132 Å². The van der Waals surface area contributed by atoms with Crippen molar-refractivity contribution in [1.82, 2.24) is 0 Å². The van der Waals surface area contributed by atoms with Crippen LogP contribution in [0.5, 0.6) is 11.5 Å². The molecule has 0 atom stereocenters. The summed E-state index contributed by atoms with van der Waals surface area (Å²) in [7, 11) is 0. The summed E-state index contributed by atoms with van der Waals surface area (Å²) in [4.78, 5) is 21.4. The molecule has 2 aliphatic rings. The quantitative estimate of drug-likeness (QED) is 0.531. The molecule has 0 unspecified atom stereocenters. The van der Waals surface area contributed by atoms with Crippen LogP contribution >= 0.6 is 11.6 Å². The van der Waals surface area contributed by atoms with Crippen molar-refractivity contribution in [2.24, 2.45) is 21.5 Å². The number of nitro groups is 1. The van der Waals surface area contributed by atoms with Crippen molar-refractivity contribution < 1.29 is 14.1 Å². The molecular weight excluding hydrogens is 427 g/mol. The number of aliphatic imine (C=N–C) groups is 2. The molecule has 0 amide bonds. The first kappa shape index (κ1) is 20.9. The molecule has 162 valence electrons. The number of benzene rings is 2. The number of halogens is 2. The maximum Gasteiger partial charge on any atom is 0.275 e. The molecule has 0 radical (unpaired) electrons. The van der Waals surface area contributed by atoms with Crippen LogP contribution in [0.25, 0.3) is 0 Å². The number of ether oxygens (including phenoxy) is 1. The smallest absolute Gasteiger partial charge is 0.275 e. The summed E-state index contributed by atoms with van der Waals surface area (Å²) in [6, 6.07) is 8.08. The predicted octanol–water partition coefficient (Wildman–Crippen LogP) is 4.29. The van der Waals surface area contributed by atoms with E-state index in [2.05, 4.69) is 9.98 Å². The Hall–Kier alpha value is -3.40. The number of nitrogens with two attached hydrogens (primary N) is 2. The molecule has 1 aliphatic carbocycles. The summed E-state index contributed by atoms with van der Waals surface area (Å²) < 4.78 is 19.2. The second kappa shape index (κ2) is 8.03. The van der Waals surface area contributed by atoms with Crippen LogP contribution in [0.15, 0.2) is 46.4 Å². The molecule has 0 saturated heterocycles.